The molecule has 1 saturated heterocycles. The Balaban J connectivity index is 1.50. The molecule has 3 aromatic rings. The maximum absolute atomic E-state index is 4.40. The van der Waals surface area contributed by atoms with Crippen molar-refractivity contribution in [3.63, 3.8) is 0 Å². The first-order valence-corrected chi connectivity index (χ1v) is 8.35. The maximum atomic E-state index is 4.40. The summed E-state index contributed by atoms with van der Waals surface area (Å²) in [5.74, 6) is 0.577. The molecule has 23 heavy (non-hydrogen) atoms. The van der Waals surface area contributed by atoms with Gasteiger partial charge in [-0.15, -0.1) is 0 Å². The van der Waals surface area contributed by atoms with E-state index < -0.39 is 0 Å². The van der Waals surface area contributed by atoms with Gasteiger partial charge < -0.3 is 0 Å². The van der Waals surface area contributed by atoms with Gasteiger partial charge in [0, 0.05) is 36.3 Å². The number of aromatic nitrogens is 3. The Bertz CT molecular complexity index is 808. The third-order valence-electron chi connectivity index (χ3n) is 4.86. The van der Waals surface area contributed by atoms with Crippen LogP contribution in [-0.4, -0.2) is 33.2 Å². The molecule has 0 bridgehead atoms. The Morgan fingerprint density at radius 1 is 1.30 bits per heavy atom. The summed E-state index contributed by atoms with van der Waals surface area (Å²) in [4.78, 5) is 6.96. The molecule has 1 aliphatic rings. The molecular weight excluding hydrogens is 284 g/mol. The highest BCUT2D eigenvalue weighted by Gasteiger charge is 2.23. The fourth-order valence-corrected chi connectivity index (χ4v) is 3.69. The van der Waals surface area contributed by atoms with Gasteiger partial charge in [-0.2, -0.15) is 5.10 Å². The second-order valence-electron chi connectivity index (χ2n) is 6.57. The van der Waals surface area contributed by atoms with Crippen molar-refractivity contribution >= 4 is 10.9 Å². The van der Waals surface area contributed by atoms with Gasteiger partial charge in [0.2, 0.25) is 0 Å². The topological polar surface area (TPSA) is 44.8 Å². The number of hydrogen-bond donors (Lipinski definition) is 1. The molecule has 1 atom stereocenters. The monoisotopic (exact) mass is 306 g/mol. The van der Waals surface area contributed by atoms with Crippen LogP contribution in [0.3, 0.4) is 0 Å². The lowest BCUT2D eigenvalue weighted by Crippen LogP contribution is -2.34. The Kier molecular flexibility index (Phi) is 3.83. The predicted octanol–water partition coefficient (Wildman–Crippen LogP) is 3.65. The number of likely N-dealkylation sites (tertiary alicyclic amines) is 1. The standard InChI is InChI=1S/C19H22N4/c1-14-11-21-22-19(14)17-5-3-9-23(13-17)12-15-6-7-18-16(10-15)4-2-8-20-18/h2,4,6-8,10-11,17H,3,5,9,12-13H2,1H3,(H,21,22)/t17-/m1/s1. The molecule has 0 saturated carbocycles. The Morgan fingerprint density at radius 3 is 3.13 bits per heavy atom. The predicted molar refractivity (Wildman–Crippen MR) is 92.3 cm³/mol. The van der Waals surface area contributed by atoms with Gasteiger partial charge >= 0.3 is 0 Å². The highest BCUT2D eigenvalue weighted by atomic mass is 15.1. The van der Waals surface area contributed by atoms with Gasteiger partial charge in [0.25, 0.3) is 0 Å². The number of aryl methyl sites for hydroxylation is 1. The first-order valence-electron chi connectivity index (χ1n) is 8.35. The highest BCUT2D eigenvalue weighted by Crippen LogP contribution is 2.28. The van der Waals surface area contributed by atoms with Crippen LogP contribution < -0.4 is 0 Å². The van der Waals surface area contributed by atoms with Crippen LogP contribution in [0.25, 0.3) is 10.9 Å². The molecule has 4 rings (SSSR count). The number of piperidine rings is 1. The second-order valence-corrected chi connectivity index (χ2v) is 6.57. The van der Waals surface area contributed by atoms with Crippen LogP contribution >= 0.6 is 0 Å². The number of pyridine rings is 1. The summed E-state index contributed by atoms with van der Waals surface area (Å²) in [5, 5.41) is 8.61. The fraction of sp³-hybridized carbons (Fsp3) is 0.368. The number of aromatic amines is 1. The smallest absolute Gasteiger partial charge is 0.0702 e. The van der Waals surface area contributed by atoms with Gasteiger partial charge in [0.1, 0.15) is 0 Å². The van der Waals surface area contributed by atoms with Gasteiger partial charge in [-0.3, -0.25) is 15.0 Å². The third kappa shape index (κ3) is 2.99. The summed E-state index contributed by atoms with van der Waals surface area (Å²) in [6, 6.07) is 10.8. The van der Waals surface area contributed by atoms with E-state index in [9.17, 15) is 0 Å². The molecule has 1 aliphatic heterocycles. The van der Waals surface area contributed by atoms with Crippen molar-refractivity contribution in [1.29, 1.82) is 0 Å². The van der Waals surface area contributed by atoms with Crippen LogP contribution in [0.2, 0.25) is 0 Å². The normalized spacial score (nSPS) is 19.3. The lowest BCUT2D eigenvalue weighted by Gasteiger charge is -2.32. The van der Waals surface area contributed by atoms with Crippen molar-refractivity contribution in [2.24, 2.45) is 0 Å². The van der Waals surface area contributed by atoms with Gasteiger partial charge in [0.15, 0.2) is 0 Å². The minimum atomic E-state index is 0.577. The van der Waals surface area contributed by atoms with Crippen molar-refractivity contribution in [1.82, 2.24) is 20.1 Å². The lowest BCUT2D eigenvalue weighted by atomic mass is 9.92. The average molecular weight is 306 g/mol. The lowest BCUT2D eigenvalue weighted by molar-refractivity contribution is 0.198. The van der Waals surface area contributed by atoms with Gasteiger partial charge in [-0.25, -0.2) is 0 Å². The van der Waals surface area contributed by atoms with E-state index in [0.717, 1.165) is 18.6 Å². The number of fused-ring (bicyclic) bond motifs is 1. The van der Waals surface area contributed by atoms with E-state index in [1.807, 2.05) is 18.5 Å². The van der Waals surface area contributed by atoms with Crippen molar-refractivity contribution < 1.29 is 0 Å². The zero-order chi connectivity index (χ0) is 15.6. The van der Waals surface area contributed by atoms with E-state index in [1.165, 1.54) is 41.6 Å². The van der Waals surface area contributed by atoms with Crippen LogP contribution in [0, 0.1) is 6.92 Å². The molecule has 0 amide bonds. The first kappa shape index (κ1) is 14.4. The number of nitrogens with zero attached hydrogens (tertiary/aromatic N) is 3. The fourth-order valence-electron chi connectivity index (χ4n) is 3.69. The number of nitrogens with one attached hydrogen (secondary N) is 1. The molecule has 118 valence electrons. The van der Waals surface area contributed by atoms with Crippen molar-refractivity contribution in [2.45, 2.75) is 32.2 Å². The summed E-state index contributed by atoms with van der Waals surface area (Å²) in [6.07, 6.45) is 6.29. The molecular formula is C19H22N4. The average Bonchev–Trinajstić information content (AvgIpc) is 3.01. The molecule has 4 heteroatoms. The summed E-state index contributed by atoms with van der Waals surface area (Å²) in [6.45, 7) is 5.44. The SMILES string of the molecule is Cc1cn[nH]c1[C@@H]1CCCN(Cc2ccc3ncccc3c2)C1. The van der Waals surface area contributed by atoms with E-state index >= 15 is 0 Å². The highest BCUT2D eigenvalue weighted by molar-refractivity contribution is 5.78. The second kappa shape index (κ2) is 6.13. The van der Waals surface area contributed by atoms with E-state index in [-0.39, 0.29) is 0 Å². The molecule has 3 heterocycles. The van der Waals surface area contributed by atoms with Crippen molar-refractivity contribution in [3.8, 4) is 0 Å². The third-order valence-corrected chi connectivity index (χ3v) is 4.86. The van der Waals surface area contributed by atoms with Crippen LogP contribution in [0.1, 0.15) is 35.6 Å². The Morgan fingerprint density at radius 2 is 2.26 bits per heavy atom. The molecule has 4 nitrogen and oxygen atoms in total. The number of hydrogen-bond acceptors (Lipinski definition) is 3. The summed E-state index contributed by atoms with van der Waals surface area (Å²) in [5.41, 5.74) is 5.04. The molecule has 2 aromatic heterocycles. The molecule has 0 radical (unpaired) electrons. The Hall–Kier alpha value is -2.20. The molecule has 1 aromatic carbocycles. The quantitative estimate of drug-likeness (QED) is 0.803. The minimum Gasteiger partial charge on any atom is -0.298 e. The van der Waals surface area contributed by atoms with E-state index in [1.54, 1.807) is 0 Å². The van der Waals surface area contributed by atoms with Gasteiger partial charge in [0.05, 0.1) is 11.7 Å². The van der Waals surface area contributed by atoms with Crippen LogP contribution in [0.5, 0.6) is 0 Å². The van der Waals surface area contributed by atoms with Crippen molar-refractivity contribution in [2.75, 3.05) is 13.1 Å². The zero-order valence-corrected chi connectivity index (χ0v) is 13.5. The van der Waals surface area contributed by atoms with Gasteiger partial charge in [-0.1, -0.05) is 12.1 Å². The molecule has 0 spiro atoms. The Labute approximate surface area is 136 Å². The summed E-state index contributed by atoms with van der Waals surface area (Å²) >= 11 is 0. The largest absolute Gasteiger partial charge is 0.298 e. The number of benzene rings is 1. The van der Waals surface area contributed by atoms with E-state index in [2.05, 4.69) is 51.3 Å². The number of rotatable bonds is 3. The number of H-pyrrole nitrogens is 1. The summed E-state index contributed by atoms with van der Waals surface area (Å²) < 4.78 is 0. The van der Waals surface area contributed by atoms with E-state index in [4.69, 9.17) is 0 Å². The van der Waals surface area contributed by atoms with E-state index in [0.29, 0.717) is 5.92 Å². The molecule has 0 aliphatic carbocycles. The molecule has 1 N–H and O–H groups in total. The maximum Gasteiger partial charge on any atom is 0.0702 e. The first-order chi connectivity index (χ1) is 11.3. The molecule has 0 unspecified atom stereocenters. The summed E-state index contributed by atoms with van der Waals surface area (Å²) in [7, 11) is 0. The van der Waals surface area contributed by atoms with Crippen LogP contribution in [0.4, 0.5) is 0 Å². The minimum absolute atomic E-state index is 0.577. The molecule has 1 fully saturated rings. The van der Waals surface area contributed by atoms with Gasteiger partial charge in [-0.05, 0) is 55.6 Å². The van der Waals surface area contributed by atoms with Crippen LogP contribution in [-0.2, 0) is 6.54 Å². The zero-order valence-electron chi connectivity index (χ0n) is 13.5. The van der Waals surface area contributed by atoms with Crippen LogP contribution in [0.15, 0.2) is 42.7 Å². The van der Waals surface area contributed by atoms with Crippen molar-refractivity contribution in [3.05, 3.63) is 59.5 Å².